The van der Waals surface area contributed by atoms with Crippen LogP contribution in [0.3, 0.4) is 0 Å². The Bertz CT molecular complexity index is 802. The molecule has 0 aliphatic heterocycles. The number of fused-ring (bicyclic) bond motifs is 1. The van der Waals surface area contributed by atoms with Gasteiger partial charge in [0.1, 0.15) is 0 Å². The maximum atomic E-state index is 9.22. The molecule has 2 aromatic carbocycles. The van der Waals surface area contributed by atoms with Gasteiger partial charge in [-0.25, -0.2) is 0 Å². The van der Waals surface area contributed by atoms with Crippen LogP contribution in [0.5, 0.6) is 0 Å². The summed E-state index contributed by atoms with van der Waals surface area (Å²) in [6, 6.07) is 12.5. The van der Waals surface area contributed by atoms with E-state index in [2.05, 4.69) is 40.2 Å². The van der Waals surface area contributed by atoms with E-state index in [4.69, 9.17) is 0 Å². The minimum absolute atomic E-state index is 0.0889. The van der Waals surface area contributed by atoms with Crippen LogP contribution < -0.4 is 0 Å². The lowest BCUT2D eigenvalue weighted by Gasteiger charge is -2.24. The molecule has 1 saturated carbocycles. The molecule has 0 amide bonds. The zero-order valence-electron chi connectivity index (χ0n) is 12.6. The molecule has 3 heteroatoms. The minimum atomic E-state index is 0.0889. The fourth-order valence-electron chi connectivity index (χ4n) is 3.13. The van der Waals surface area contributed by atoms with Gasteiger partial charge in [0.15, 0.2) is 0 Å². The summed E-state index contributed by atoms with van der Waals surface area (Å²) in [6.07, 6.45) is 8.18. The molecule has 3 nitrogen and oxygen atoms in total. The number of nitrogens with zero attached hydrogens (tertiary/aromatic N) is 2. The molecule has 1 heterocycles. The third-order valence-corrected chi connectivity index (χ3v) is 4.72. The van der Waals surface area contributed by atoms with Crippen molar-refractivity contribution in [2.24, 2.45) is 5.92 Å². The highest BCUT2D eigenvalue weighted by molar-refractivity contribution is 5.87. The van der Waals surface area contributed by atoms with Gasteiger partial charge in [0, 0.05) is 18.3 Å². The molecule has 0 saturated heterocycles. The number of aromatic nitrogens is 2. The Morgan fingerprint density at radius 1 is 1.05 bits per heavy atom. The van der Waals surface area contributed by atoms with Gasteiger partial charge in [0.25, 0.3) is 0 Å². The van der Waals surface area contributed by atoms with Gasteiger partial charge in [-0.1, -0.05) is 30.7 Å². The Morgan fingerprint density at radius 2 is 1.86 bits per heavy atom. The molecule has 4 rings (SSSR count). The van der Waals surface area contributed by atoms with Crippen molar-refractivity contribution < 1.29 is 5.11 Å². The molecule has 0 bridgehead atoms. The molecule has 1 aliphatic carbocycles. The van der Waals surface area contributed by atoms with Gasteiger partial charge in [-0.15, -0.1) is 0 Å². The summed E-state index contributed by atoms with van der Waals surface area (Å²) in [5, 5.41) is 16.1. The summed E-state index contributed by atoms with van der Waals surface area (Å²) < 4.78 is 2.08. The minimum Gasteiger partial charge on any atom is -0.392 e. The fourth-order valence-corrected chi connectivity index (χ4v) is 3.13. The van der Waals surface area contributed by atoms with Crippen molar-refractivity contribution in [3.8, 4) is 11.1 Å². The largest absolute Gasteiger partial charge is 0.392 e. The van der Waals surface area contributed by atoms with Crippen LogP contribution in [0.2, 0.25) is 0 Å². The van der Waals surface area contributed by atoms with Gasteiger partial charge >= 0.3 is 0 Å². The van der Waals surface area contributed by atoms with E-state index in [9.17, 15) is 5.11 Å². The van der Waals surface area contributed by atoms with Crippen LogP contribution in [0, 0.1) is 5.92 Å². The highest BCUT2D eigenvalue weighted by atomic mass is 16.3. The Labute approximate surface area is 130 Å². The second kappa shape index (κ2) is 5.58. The van der Waals surface area contributed by atoms with E-state index in [-0.39, 0.29) is 6.61 Å². The molecule has 0 unspecified atom stereocenters. The van der Waals surface area contributed by atoms with Crippen molar-refractivity contribution in [3.63, 3.8) is 0 Å². The van der Waals surface area contributed by atoms with Gasteiger partial charge in [0.2, 0.25) is 0 Å². The van der Waals surface area contributed by atoms with Crippen molar-refractivity contribution in [1.82, 2.24) is 9.78 Å². The van der Waals surface area contributed by atoms with Crippen LogP contribution >= 0.6 is 0 Å². The van der Waals surface area contributed by atoms with Crippen LogP contribution in [0.15, 0.2) is 48.8 Å². The average Bonchev–Trinajstić information content (AvgIpc) is 2.98. The molecule has 1 aliphatic rings. The third kappa shape index (κ3) is 2.53. The Hall–Kier alpha value is -2.13. The zero-order chi connectivity index (χ0) is 14.9. The first-order valence-corrected chi connectivity index (χ1v) is 7.98. The van der Waals surface area contributed by atoms with E-state index >= 15 is 0 Å². The first-order chi connectivity index (χ1) is 10.8. The summed E-state index contributed by atoms with van der Waals surface area (Å²) in [7, 11) is 0. The van der Waals surface area contributed by atoms with Crippen LogP contribution in [0.4, 0.5) is 0 Å². The summed E-state index contributed by atoms with van der Waals surface area (Å²) in [4.78, 5) is 0. The number of hydrogen-bond acceptors (Lipinski definition) is 2. The number of aliphatic hydroxyl groups is 1. The number of rotatable bonds is 4. The standard InChI is InChI=1S/C19H20N2O/c22-13-15-4-5-17-9-18(7-6-16(17)8-15)19-10-20-21(12-19)11-14-2-1-3-14/h4-10,12,14,22H,1-3,11,13H2. The number of benzene rings is 2. The number of aliphatic hydroxyl groups excluding tert-OH is 1. The molecule has 1 N–H and O–H groups in total. The lowest BCUT2D eigenvalue weighted by molar-refractivity contribution is 0.266. The highest BCUT2D eigenvalue weighted by Gasteiger charge is 2.18. The lowest BCUT2D eigenvalue weighted by Crippen LogP contribution is -2.18. The van der Waals surface area contributed by atoms with Crippen LogP contribution in [0.25, 0.3) is 21.9 Å². The molecule has 3 aromatic rings. The average molecular weight is 292 g/mol. The quantitative estimate of drug-likeness (QED) is 0.789. The first kappa shape index (κ1) is 13.5. The van der Waals surface area contributed by atoms with E-state index in [1.54, 1.807) is 0 Å². The molecule has 0 radical (unpaired) electrons. The maximum absolute atomic E-state index is 9.22. The topological polar surface area (TPSA) is 38.1 Å². The lowest BCUT2D eigenvalue weighted by atomic mass is 9.85. The summed E-state index contributed by atoms with van der Waals surface area (Å²) >= 11 is 0. The van der Waals surface area contributed by atoms with Gasteiger partial charge in [-0.05, 0) is 52.8 Å². The van der Waals surface area contributed by atoms with Crippen molar-refractivity contribution in [1.29, 1.82) is 0 Å². The predicted molar refractivity (Wildman–Crippen MR) is 88.4 cm³/mol. The Balaban J connectivity index is 1.62. The van der Waals surface area contributed by atoms with E-state index in [1.807, 2.05) is 18.3 Å². The van der Waals surface area contributed by atoms with Crippen LogP contribution in [0.1, 0.15) is 24.8 Å². The van der Waals surface area contributed by atoms with Gasteiger partial charge in [-0.3, -0.25) is 4.68 Å². The molecule has 1 aromatic heterocycles. The first-order valence-electron chi connectivity index (χ1n) is 7.98. The Kier molecular flexibility index (Phi) is 3.43. The fraction of sp³-hybridized carbons (Fsp3) is 0.316. The summed E-state index contributed by atoms with van der Waals surface area (Å²) in [5.41, 5.74) is 3.32. The monoisotopic (exact) mass is 292 g/mol. The van der Waals surface area contributed by atoms with Crippen LogP contribution in [-0.2, 0) is 13.2 Å². The van der Waals surface area contributed by atoms with Gasteiger partial charge < -0.3 is 5.11 Å². The van der Waals surface area contributed by atoms with E-state index in [1.165, 1.54) is 35.8 Å². The second-order valence-corrected chi connectivity index (χ2v) is 6.30. The molecule has 1 fully saturated rings. The van der Waals surface area contributed by atoms with E-state index in [0.717, 1.165) is 23.4 Å². The molecule has 112 valence electrons. The summed E-state index contributed by atoms with van der Waals surface area (Å²) in [5.74, 6) is 0.821. The molecule has 22 heavy (non-hydrogen) atoms. The molecular weight excluding hydrogens is 272 g/mol. The molecule has 0 spiro atoms. The molecular formula is C19H20N2O. The van der Waals surface area contributed by atoms with Crippen molar-refractivity contribution >= 4 is 10.8 Å². The molecule has 0 atom stereocenters. The maximum Gasteiger partial charge on any atom is 0.0682 e. The highest BCUT2D eigenvalue weighted by Crippen LogP contribution is 2.29. The second-order valence-electron chi connectivity index (χ2n) is 6.30. The van der Waals surface area contributed by atoms with Crippen molar-refractivity contribution in [3.05, 3.63) is 54.4 Å². The normalized spacial score (nSPS) is 15.1. The Morgan fingerprint density at radius 3 is 2.64 bits per heavy atom. The van der Waals surface area contributed by atoms with Crippen molar-refractivity contribution in [2.75, 3.05) is 0 Å². The van der Waals surface area contributed by atoms with E-state index in [0.29, 0.717) is 0 Å². The van der Waals surface area contributed by atoms with Crippen molar-refractivity contribution in [2.45, 2.75) is 32.4 Å². The SMILES string of the molecule is OCc1ccc2cc(-c3cnn(CC4CCC4)c3)ccc2c1. The van der Waals surface area contributed by atoms with E-state index < -0.39 is 0 Å². The van der Waals surface area contributed by atoms with Gasteiger partial charge in [-0.2, -0.15) is 5.10 Å². The third-order valence-electron chi connectivity index (χ3n) is 4.72. The van der Waals surface area contributed by atoms with Crippen LogP contribution in [-0.4, -0.2) is 14.9 Å². The smallest absolute Gasteiger partial charge is 0.0682 e. The van der Waals surface area contributed by atoms with Gasteiger partial charge in [0.05, 0.1) is 12.8 Å². The summed E-state index contributed by atoms with van der Waals surface area (Å²) in [6.45, 7) is 1.14. The number of hydrogen-bond donors (Lipinski definition) is 1. The predicted octanol–water partition coefficient (Wildman–Crippen LogP) is 4.00. The zero-order valence-corrected chi connectivity index (χ0v) is 12.6.